The van der Waals surface area contributed by atoms with Gasteiger partial charge in [0, 0.05) is 9.75 Å². The second kappa shape index (κ2) is 5.34. The third kappa shape index (κ3) is 2.68. The van der Waals surface area contributed by atoms with Crippen LogP contribution in [0.4, 0.5) is 0 Å². The van der Waals surface area contributed by atoms with E-state index in [-0.39, 0.29) is 0 Å². The summed E-state index contributed by atoms with van der Waals surface area (Å²) in [7, 11) is 1.63. The molecule has 0 bridgehead atoms. The highest BCUT2D eigenvalue weighted by molar-refractivity contribution is 7.12. The highest BCUT2D eigenvalue weighted by atomic mass is 32.1. The van der Waals surface area contributed by atoms with Gasteiger partial charge >= 0.3 is 0 Å². The van der Waals surface area contributed by atoms with Gasteiger partial charge in [-0.3, -0.25) is 0 Å². The summed E-state index contributed by atoms with van der Waals surface area (Å²) in [6.07, 6.45) is 0.450. The SMILES string of the molecule is CCc1ccc(C(O)c2cccc(OC)c2)s1. The standard InChI is InChI=1S/C14H16O2S/c1-3-12-7-8-13(17-12)14(15)10-5-4-6-11(9-10)16-2/h4-9,14-15H,3H2,1-2H3. The van der Waals surface area contributed by atoms with Gasteiger partial charge in [-0.05, 0) is 36.2 Å². The first-order valence-corrected chi connectivity index (χ1v) is 6.47. The number of thiophene rings is 1. The maximum atomic E-state index is 10.3. The Morgan fingerprint density at radius 3 is 2.76 bits per heavy atom. The van der Waals surface area contributed by atoms with Gasteiger partial charge in [0.1, 0.15) is 11.9 Å². The number of hydrogen-bond donors (Lipinski definition) is 1. The van der Waals surface area contributed by atoms with Crippen molar-refractivity contribution in [3.63, 3.8) is 0 Å². The van der Waals surface area contributed by atoms with Crippen molar-refractivity contribution in [2.75, 3.05) is 7.11 Å². The number of aryl methyl sites for hydroxylation is 1. The molecule has 0 fully saturated rings. The first kappa shape index (κ1) is 12.1. The number of methoxy groups -OCH3 is 1. The summed E-state index contributed by atoms with van der Waals surface area (Å²) in [5, 5.41) is 10.3. The van der Waals surface area contributed by atoms with Crippen molar-refractivity contribution in [2.45, 2.75) is 19.4 Å². The van der Waals surface area contributed by atoms with Gasteiger partial charge in [-0.15, -0.1) is 11.3 Å². The number of aliphatic hydroxyl groups is 1. The minimum absolute atomic E-state index is 0.560. The van der Waals surface area contributed by atoms with Crippen molar-refractivity contribution in [3.8, 4) is 5.75 Å². The fourth-order valence-electron chi connectivity index (χ4n) is 1.71. The average Bonchev–Trinajstić information content (AvgIpc) is 2.86. The van der Waals surface area contributed by atoms with Crippen LogP contribution in [0.1, 0.15) is 28.3 Å². The Hall–Kier alpha value is -1.32. The Morgan fingerprint density at radius 2 is 2.12 bits per heavy atom. The fraction of sp³-hybridized carbons (Fsp3) is 0.286. The Morgan fingerprint density at radius 1 is 1.29 bits per heavy atom. The molecule has 1 heterocycles. The molecule has 1 N–H and O–H groups in total. The Labute approximate surface area is 105 Å². The van der Waals surface area contributed by atoms with Crippen LogP contribution in [-0.4, -0.2) is 12.2 Å². The smallest absolute Gasteiger partial charge is 0.119 e. The van der Waals surface area contributed by atoms with E-state index in [1.807, 2.05) is 30.3 Å². The Kier molecular flexibility index (Phi) is 3.82. The molecule has 1 aromatic carbocycles. The molecule has 90 valence electrons. The molecule has 0 aliphatic rings. The molecule has 0 saturated carbocycles. The third-order valence-electron chi connectivity index (χ3n) is 2.71. The fourth-order valence-corrected chi connectivity index (χ4v) is 2.67. The molecule has 0 amide bonds. The van der Waals surface area contributed by atoms with Crippen molar-refractivity contribution >= 4 is 11.3 Å². The number of hydrogen-bond acceptors (Lipinski definition) is 3. The second-order valence-corrected chi connectivity index (χ2v) is 5.04. The molecular formula is C14H16O2S. The Balaban J connectivity index is 2.26. The van der Waals surface area contributed by atoms with Crippen LogP contribution in [0.15, 0.2) is 36.4 Å². The van der Waals surface area contributed by atoms with E-state index in [2.05, 4.69) is 13.0 Å². The van der Waals surface area contributed by atoms with E-state index in [9.17, 15) is 5.11 Å². The minimum atomic E-state index is -0.560. The van der Waals surface area contributed by atoms with Crippen molar-refractivity contribution in [2.24, 2.45) is 0 Å². The molecule has 3 heteroatoms. The lowest BCUT2D eigenvalue weighted by Crippen LogP contribution is -1.97. The van der Waals surface area contributed by atoms with Gasteiger partial charge in [0.25, 0.3) is 0 Å². The summed E-state index contributed by atoms with van der Waals surface area (Å²) >= 11 is 1.66. The van der Waals surface area contributed by atoms with E-state index in [1.165, 1.54) is 4.88 Å². The molecule has 2 aromatic rings. The normalized spacial score (nSPS) is 12.4. The Bertz CT molecular complexity index is 490. The van der Waals surface area contributed by atoms with Gasteiger partial charge in [-0.25, -0.2) is 0 Å². The molecule has 2 rings (SSSR count). The predicted molar refractivity (Wildman–Crippen MR) is 70.8 cm³/mol. The van der Waals surface area contributed by atoms with Crippen LogP contribution in [0.2, 0.25) is 0 Å². The first-order valence-electron chi connectivity index (χ1n) is 5.65. The van der Waals surface area contributed by atoms with Crippen LogP contribution < -0.4 is 4.74 Å². The quantitative estimate of drug-likeness (QED) is 0.898. The molecule has 0 aliphatic carbocycles. The van der Waals surface area contributed by atoms with Crippen LogP contribution in [0.3, 0.4) is 0 Å². The van der Waals surface area contributed by atoms with E-state index < -0.39 is 6.10 Å². The zero-order chi connectivity index (χ0) is 12.3. The number of aliphatic hydroxyl groups excluding tert-OH is 1. The molecule has 0 saturated heterocycles. The molecule has 1 atom stereocenters. The summed E-state index contributed by atoms with van der Waals surface area (Å²) in [6.45, 7) is 2.12. The van der Waals surface area contributed by atoms with E-state index in [0.717, 1.165) is 22.6 Å². The van der Waals surface area contributed by atoms with Crippen LogP contribution in [-0.2, 0) is 6.42 Å². The largest absolute Gasteiger partial charge is 0.497 e. The zero-order valence-corrected chi connectivity index (χ0v) is 10.8. The monoisotopic (exact) mass is 248 g/mol. The number of benzene rings is 1. The highest BCUT2D eigenvalue weighted by Crippen LogP contribution is 2.30. The van der Waals surface area contributed by atoms with Crippen LogP contribution in [0.25, 0.3) is 0 Å². The molecule has 1 unspecified atom stereocenters. The van der Waals surface area contributed by atoms with Gasteiger partial charge in [-0.2, -0.15) is 0 Å². The lowest BCUT2D eigenvalue weighted by Gasteiger charge is -2.10. The molecule has 1 aromatic heterocycles. The van der Waals surface area contributed by atoms with Crippen LogP contribution in [0, 0.1) is 0 Å². The molecule has 0 aliphatic heterocycles. The lowest BCUT2D eigenvalue weighted by molar-refractivity contribution is 0.223. The van der Waals surface area contributed by atoms with E-state index in [0.29, 0.717) is 0 Å². The van der Waals surface area contributed by atoms with Gasteiger partial charge < -0.3 is 9.84 Å². The van der Waals surface area contributed by atoms with Gasteiger partial charge in [-0.1, -0.05) is 19.1 Å². The number of ether oxygens (including phenoxy) is 1. The molecule has 2 nitrogen and oxygen atoms in total. The van der Waals surface area contributed by atoms with E-state index >= 15 is 0 Å². The maximum Gasteiger partial charge on any atom is 0.119 e. The minimum Gasteiger partial charge on any atom is -0.497 e. The zero-order valence-electron chi connectivity index (χ0n) is 10.0. The summed E-state index contributed by atoms with van der Waals surface area (Å²) in [6, 6.07) is 11.6. The number of rotatable bonds is 4. The molecular weight excluding hydrogens is 232 g/mol. The predicted octanol–water partition coefficient (Wildman–Crippen LogP) is 3.40. The second-order valence-electron chi connectivity index (χ2n) is 3.84. The van der Waals surface area contributed by atoms with Crippen molar-refractivity contribution in [3.05, 3.63) is 51.7 Å². The van der Waals surface area contributed by atoms with Crippen LogP contribution >= 0.6 is 11.3 Å². The van der Waals surface area contributed by atoms with Gasteiger partial charge in [0.05, 0.1) is 7.11 Å². The summed E-state index contributed by atoms with van der Waals surface area (Å²) in [4.78, 5) is 2.28. The van der Waals surface area contributed by atoms with Crippen molar-refractivity contribution in [1.82, 2.24) is 0 Å². The summed E-state index contributed by atoms with van der Waals surface area (Å²) in [5.41, 5.74) is 0.869. The average molecular weight is 248 g/mol. The third-order valence-corrected chi connectivity index (χ3v) is 3.99. The van der Waals surface area contributed by atoms with Gasteiger partial charge in [0.2, 0.25) is 0 Å². The van der Waals surface area contributed by atoms with Gasteiger partial charge in [0.15, 0.2) is 0 Å². The summed E-state index contributed by atoms with van der Waals surface area (Å²) in [5.74, 6) is 0.772. The maximum absolute atomic E-state index is 10.3. The highest BCUT2D eigenvalue weighted by Gasteiger charge is 2.13. The molecule has 0 spiro atoms. The van der Waals surface area contributed by atoms with E-state index in [1.54, 1.807) is 18.4 Å². The molecule has 17 heavy (non-hydrogen) atoms. The van der Waals surface area contributed by atoms with Crippen molar-refractivity contribution < 1.29 is 9.84 Å². The first-order chi connectivity index (χ1) is 8.24. The topological polar surface area (TPSA) is 29.5 Å². The van der Waals surface area contributed by atoms with E-state index in [4.69, 9.17) is 4.74 Å². The van der Waals surface area contributed by atoms with Crippen LogP contribution in [0.5, 0.6) is 5.75 Å². The molecule has 0 radical (unpaired) electrons. The summed E-state index contributed by atoms with van der Waals surface area (Å²) < 4.78 is 5.16. The van der Waals surface area contributed by atoms with Crippen molar-refractivity contribution in [1.29, 1.82) is 0 Å². The lowest BCUT2D eigenvalue weighted by atomic mass is 10.1.